The fourth-order valence-electron chi connectivity index (χ4n) is 1.34. The summed E-state index contributed by atoms with van der Waals surface area (Å²) in [4.78, 5) is 0. The van der Waals surface area contributed by atoms with Gasteiger partial charge in [-0.05, 0) is 12.1 Å². The van der Waals surface area contributed by atoms with Crippen LogP contribution < -0.4 is 10.3 Å². The molecule has 13 heavy (non-hydrogen) atoms. The average molecular weight is 191 g/mol. The zero-order chi connectivity index (χ0) is 9.26. The van der Waals surface area contributed by atoms with Gasteiger partial charge < -0.3 is 0 Å². The molecule has 66 valence electrons. The third kappa shape index (κ3) is 1.42. The van der Waals surface area contributed by atoms with E-state index < -0.39 is 0 Å². The van der Waals surface area contributed by atoms with Crippen molar-refractivity contribution < 1.29 is 4.57 Å². The number of thiazole rings is 1. The Hall–Kier alpha value is -1.35. The number of rotatable bonds is 1. The molecule has 2 aromatic rings. The van der Waals surface area contributed by atoms with Gasteiger partial charge in [-0.1, -0.05) is 29.5 Å². The van der Waals surface area contributed by atoms with Crippen molar-refractivity contribution in [3.8, 4) is 5.69 Å². The molecule has 0 aliphatic rings. The zero-order valence-corrected chi connectivity index (χ0v) is 8.21. The fourth-order valence-corrected chi connectivity index (χ4v) is 2.05. The van der Waals surface area contributed by atoms with E-state index in [-0.39, 0.29) is 0 Å². The number of hydrogen-bond donors (Lipinski definition) is 1. The lowest BCUT2D eigenvalue weighted by Gasteiger charge is -1.98. The van der Waals surface area contributed by atoms with Crippen LogP contribution in [-0.2, 0) is 0 Å². The molecular weight excluding hydrogens is 180 g/mol. The topological polar surface area (TPSA) is 29.9 Å². The Kier molecular flexibility index (Phi) is 2.02. The van der Waals surface area contributed by atoms with Crippen molar-refractivity contribution >= 4 is 17.2 Å². The van der Waals surface area contributed by atoms with Crippen molar-refractivity contribution in [3.63, 3.8) is 0 Å². The molecule has 0 spiro atoms. The molecule has 1 heterocycles. The molecule has 0 fully saturated rings. The number of aromatic nitrogens is 1. The van der Waals surface area contributed by atoms with Crippen LogP contribution in [0.15, 0.2) is 35.7 Å². The molecule has 0 atom stereocenters. The van der Waals surface area contributed by atoms with E-state index in [1.807, 2.05) is 28.1 Å². The van der Waals surface area contributed by atoms with Gasteiger partial charge in [-0.3, -0.25) is 5.73 Å². The fraction of sp³-hybridized carbons (Fsp3) is 0.100. The first kappa shape index (κ1) is 8.26. The molecule has 3 heteroatoms. The molecule has 0 radical (unpaired) electrons. The van der Waals surface area contributed by atoms with Gasteiger partial charge in [0.05, 0.1) is 5.38 Å². The molecular formula is C10H11N2S+. The van der Waals surface area contributed by atoms with E-state index in [0.717, 1.165) is 11.5 Å². The Morgan fingerprint density at radius 2 is 1.92 bits per heavy atom. The summed E-state index contributed by atoms with van der Waals surface area (Å²) in [5.41, 5.74) is 6.97. The minimum atomic E-state index is 0.800. The molecule has 2 N–H and O–H groups in total. The SMILES string of the molecule is Cc1scc(N)[n+]1-c1ccccc1. The van der Waals surface area contributed by atoms with Gasteiger partial charge in [0.2, 0.25) is 0 Å². The first-order valence-electron chi connectivity index (χ1n) is 4.10. The number of nitrogens with zero attached hydrogens (tertiary/aromatic N) is 1. The second-order valence-electron chi connectivity index (χ2n) is 2.85. The summed E-state index contributed by atoms with van der Waals surface area (Å²) in [6.45, 7) is 2.06. The summed E-state index contributed by atoms with van der Waals surface area (Å²) >= 11 is 1.66. The molecule has 0 bridgehead atoms. The van der Waals surface area contributed by atoms with Crippen molar-refractivity contribution in [3.05, 3.63) is 40.7 Å². The van der Waals surface area contributed by atoms with Crippen LogP contribution in [-0.4, -0.2) is 0 Å². The van der Waals surface area contributed by atoms with E-state index in [1.54, 1.807) is 11.3 Å². The summed E-state index contributed by atoms with van der Waals surface area (Å²) in [5.74, 6) is 0.800. The van der Waals surface area contributed by atoms with Crippen LogP contribution in [0.5, 0.6) is 0 Å². The maximum Gasteiger partial charge on any atom is 0.288 e. The molecule has 2 rings (SSSR count). The first-order chi connectivity index (χ1) is 6.29. The Morgan fingerprint density at radius 3 is 2.46 bits per heavy atom. The third-order valence-electron chi connectivity index (χ3n) is 1.94. The lowest BCUT2D eigenvalue weighted by molar-refractivity contribution is -0.581. The van der Waals surface area contributed by atoms with Crippen LogP contribution in [0.4, 0.5) is 5.82 Å². The quantitative estimate of drug-likeness (QED) is 0.686. The number of nitrogens with two attached hydrogens (primary N) is 1. The Labute approximate surface area is 81.3 Å². The predicted octanol–water partition coefficient (Wildman–Crippen LogP) is 1.92. The van der Waals surface area contributed by atoms with Crippen LogP contribution in [0, 0.1) is 6.92 Å². The van der Waals surface area contributed by atoms with Crippen molar-refractivity contribution in [1.82, 2.24) is 0 Å². The van der Waals surface area contributed by atoms with Crippen LogP contribution >= 0.6 is 11.3 Å². The van der Waals surface area contributed by atoms with Crippen LogP contribution in [0.25, 0.3) is 5.69 Å². The van der Waals surface area contributed by atoms with E-state index in [2.05, 4.69) is 19.1 Å². The minimum Gasteiger partial charge on any atom is -0.286 e. The minimum absolute atomic E-state index is 0.800. The molecule has 0 saturated carbocycles. The van der Waals surface area contributed by atoms with Crippen LogP contribution in [0.2, 0.25) is 0 Å². The Morgan fingerprint density at radius 1 is 1.23 bits per heavy atom. The van der Waals surface area contributed by atoms with E-state index in [4.69, 9.17) is 5.73 Å². The number of para-hydroxylation sites is 1. The molecule has 0 aliphatic carbocycles. The lowest BCUT2D eigenvalue weighted by Crippen LogP contribution is -2.34. The molecule has 2 nitrogen and oxygen atoms in total. The molecule has 1 aromatic carbocycles. The highest BCUT2D eigenvalue weighted by Crippen LogP contribution is 2.11. The van der Waals surface area contributed by atoms with Gasteiger partial charge in [0, 0.05) is 6.92 Å². The standard InChI is InChI=1S/C10H11N2S/c1-8-12(10(11)7-13-8)9-5-3-2-4-6-9/h2-7H,11H2,1H3/q+1. The van der Waals surface area contributed by atoms with Gasteiger partial charge in [-0.2, -0.15) is 4.57 Å². The molecule has 0 amide bonds. The highest BCUT2D eigenvalue weighted by Gasteiger charge is 2.11. The Bertz CT molecular complexity index is 387. The molecule has 0 saturated heterocycles. The number of hydrogen-bond acceptors (Lipinski definition) is 2. The van der Waals surface area contributed by atoms with Gasteiger partial charge in [0.1, 0.15) is 5.69 Å². The van der Waals surface area contributed by atoms with E-state index in [0.29, 0.717) is 0 Å². The lowest BCUT2D eigenvalue weighted by atomic mass is 10.3. The summed E-state index contributed by atoms with van der Waals surface area (Å²) in [6.07, 6.45) is 0. The zero-order valence-electron chi connectivity index (χ0n) is 7.40. The first-order valence-corrected chi connectivity index (χ1v) is 4.98. The normalized spacial score (nSPS) is 10.2. The highest BCUT2D eigenvalue weighted by atomic mass is 32.1. The van der Waals surface area contributed by atoms with E-state index >= 15 is 0 Å². The largest absolute Gasteiger partial charge is 0.288 e. The van der Waals surface area contributed by atoms with Crippen molar-refractivity contribution in [2.24, 2.45) is 0 Å². The number of aryl methyl sites for hydroxylation is 1. The molecule has 1 aromatic heterocycles. The summed E-state index contributed by atoms with van der Waals surface area (Å²) in [6, 6.07) is 10.1. The maximum absolute atomic E-state index is 5.85. The van der Waals surface area contributed by atoms with Gasteiger partial charge >= 0.3 is 0 Å². The van der Waals surface area contributed by atoms with Gasteiger partial charge in [0.25, 0.3) is 5.82 Å². The second-order valence-corrected chi connectivity index (χ2v) is 3.91. The second kappa shape index (κ2) is 3.18. The number of nitrogen functional groups attached to an aromatic ring is 1. The maximum atomic E-state index is 5.85. The number of anilines is 1. The van der Waals surface area contributed by atoms with Gasteiger partial charge in [-0.15, -0.1) is 0 Å². The average Bonchev–Trinajstić information content (AvgIpc) is 2.48. The van der Waals surface area contributed by atoms with Crippen LogP contribution in [0.3, 0.4) is 0 Å². The number of benzene rings is 1. The third-order valence-corrected chi connectivity index (χ3v) is 2.82. The predicted molar refractivity (Wildman–Crippen MR) is 55.0 cm³/mol. The highest BCUT2D eigenvalue weighted by molar-refractivity contribution is 7.09. The molecule has 0 unspecified atom stereocenters. The summed E-state index contributed by atoms with van der Waals surface area (Å²) < 4.78 is 2.05. The summed E-state index contributed by atoms with van der Waals surface area (Å²) in [5, 5.41) is 3.16. The van der Waals surface area contributed by atoms with Crippen molar-refractivity contribution in [1.29, 1.82) is 0 Å². The smallest absolute Gasteiger partial charge is 0.286 e. The monoisotopic (exact) mass is 191 g/mol. The Balaban J connectivity index is 2.59. The summed E-state index contributed by atoms with van der Waals surface area (Å²) in [7, 11) is 0. The van der Waals surface area contributed by atoms with E-state index in [1.165, 1.54) is 5.01 Å². The van der Waals surface area contributed by atoms with Gasteiger partial charge in [0.15, 0.2) is 5.01 Å². The molecule has 0 aliphatic heterocycles. The van der Waals surface area contributed by atoms with Gasteiger partial charge in [-0.25, -0.2) is 0 Å². The van der Waals surface area contributed by atoms with Crippen molar-refractivity contribution in [2.45, 2.75) is 6.92 Å². The van der Waals surface area contributed by atoms with Crippen LogP contribution in [0.1, 0.15) is 5.01 Å². The van der Waals surface area contributed by atoms with E-state index in [9.17, 15) is 0 Å². The van der Waals surface area contributed by atoms with Crippen molar-refractivity contribution in [2.75, 3.05) is 5.73 Å².